The van der Waals surface area contributed by atoms with Gasteiger partial charge in [0.15, 0.2) is 0 Å². The van der Waals surface area contributed by atoms with Gasteiger partial charge in [0, 0.05) is 15.1 Å². The lowest BCUT2D eigenvalue weighted by Crippen LogP contribution is -2.19. The van der Waals surface area contributed by atoms with Crippen LogP contribution in [0.2, 0.25) is 5.02 Å². The van der Waals surface area contributed by atoms with Gasteiger partial charge in [0.25, 0.3) is 5.91 Å². The summed E-state index contributed by atoms with van der Waals surface area (Å²) in [7, 11) is 0. The largest absolute Gasteiger partial charge is 0.271 e. The molecule has 2 rings (SSSR count). The highest BCUT2D eigenvalue weighted by Gasteiger charge is 2.04. The van der Waals surface area contributed by atoms with E-state index in [2.05, 4.69) is 26.5 Å². The van der Waals surface area contributed by atoms with Gasteiger partial charge in [-0.1, -0.05) is 39.7 Å². The lowest BCUT2D eigenvalue weighted by Gasteiger charge is -2.03. The molecule has 0 aliphatic carbocycles. The highest BCUT2D eigenvalue weighted by Crippen LogP contribution is 2.12. The minimum atomic E-state index is -0.268. The van der Waals surface area contributed by atoms with Gasteiger partial charge in [0.05, 0.1) is 5.71 Å². The minimum Gasteiger partial charge on any atom is -0.267 e. The summed E-state index contributed by atoms with van der Waals surface area (Å²) >= 11 is 9.17. The maximum absolute atomic E-state index is 11.9. The van der Waals surface area contributed by atoms with E-state index in [1.54, 1.807) is 24.3 Å². The van der Waals surface area contributed by atoms with Gasteiger partial charge < -0.3 is 0 Å². The van der Waals surface area contributed by atoms with E-state index in [1.165, 1.54) is 0 Å². The average molecular weight is 352 g/mol. The molecule has 2 aromatic rings. The van der Waals surface area contributed by atoms with Crippen molar-refractivity contribution >= 4 is 39.1 Å². The molecule has 0 radical (unpaired) electrons. The van der Waals surface area contributed by atoms with Crippen molar-refractivity contribution in [2.75, 3.05) is 0 Å². The van der Waals surface area contributed by atoms with Crippen LogP contribution in [0.15, 0.2) is 58.1 Å². The quantitative estimate of drug-likeness (QED) is 0.651. The van der Waals surface area contributed by atoms with Crippen LogP contribution in [-0.2, 0) is 0 Å². The Bertz CT molecular complexity index is 653. The maximum atomic E-state index is 11.9. The summed E-state index contributed by atoms with van der Waals surface area (Å²) in [6.45, 7) is 1.84. The van der Waals surface area contributed by atoms with E-state index in [9.17, 15) is 4.79 Å². The topological polar surface area (TPSA) is 41.5 Å². The Kier molecular flexibility index (Phi) is 4.93. The van der Waals surface area contributed by atoms with Crippen molar-refractivity contribution in [3.8, 4) is 0 Å². The van der Waals surface area contributed by atoms with Crippen LogP contribution in [0.3, 0.4) is 0 Å². The number of rotatable bonds is 3. The summed E-state index contributed by atoms with van der Waals surface area (Å²) < 4.78 is 0.966. The molecular formula is C15H12BrClN2O. The molecule has 1 amide bonds. The first-order chi connectivity index (χ1) is 9.56. The molecule has 0 fully saturated rings. The van der Waals surface area contributed by atoms with E-state index >= 15 is 0 Å². The Balaban J connectivity index is 2.08. The van der Waals surface area contributed by atoms with Gasteiger partial charge in [0.2, 0.25) is 0 Å². The average Bonchev–Trinajstić information content (AvgIpc) is 2.45. The standard InChI is InChI=1S/C15H12BrClN2O/c1-10(12-3-2-4-13(16)9-12)18-19-15(20)11-5-7-14(17)8-6-11/h2-9H,1H3,(H,19,20)/b18-10-. The second-order valence-corrected chi connectivity index (χ2v) is 5.51. The maximum Gasteiger partial charge on any atom is 0.271 e. The van der Waals surface area contributed by atoms with Crippen molar-refractivity contribution in [1.82, 2.24) is 5.43 Å². The highest BCUT2D eigenvalue weighted by molar-refractivity contribution is 9.10. The second-order valence-electron chi connectivity index (χ2n) is 4.16. The minimum absolute atomic E-state index is 0.268. The normalized spacial score (nSPS) is 11.2. The van der Waals surface area contributed by atoms with Gasteiger partial charge >= 0.3 is 0 Å². The third-order valence-corrected chi connectivity index (χ3v) is 3.42. The van der Waals surface area contributed by atoms with E-state index in [1.807, 2.05) is 31.2 Å². The molecule has 0 bridgehead atoms. The number of carbonyl (C=O) groups excluding carboxylic acids is 1. The number of hydrogen-bond donors (Lipinski definition) is 1. The van der Waals surface area contributed by atoms with Crippen molar-refractivity contribution < 1.29 is 4.79 Å². The summed E-state index contributed by atoms with van der Waals surface area (Å²) in [5.74, 6) is -0.268. The molecular weight excluding hydrogens is 340 g/mol. The van der Waals surface area contributed by atoms with Crippen LogP contribution < -0.4 is 5.43 Å². The SMILES string of the molecule is C/C(=N/NC(=O)c1ccc(Cl)cc1)c1cccc(Br)c1. The third kappa shape index (κ3) is 3.92. The van der Waals surface area contributed by atoms with Gasteiger partial charge in [0.1, 0.15) is 0 Å². The van der Waals surface area contributed by atoms with Crippen LogP contribution in [0.1, 0.15) is 22.8 Å². The predicted octanol–water partition coefficient (Wildman–Crippen LogP) is 4.26. The molecule has 0 spiro atoms. The summed E-state index contributed by atoms with van der Waals surface area (Å²) in [4.78, 5) is 11.9. The molecule has 0 saturated heterocycles. The van der Waals surface area contributed by atoms with E-state index in [-0.39, 0.29) is 5.91 Å². The zero-order valence-electron chi connectivity index (χ0n) is 10.7. The van der Waals surface area contributed by atoms with E-state index in [0.717, 1.165) is 15.7 Å². The molecule has 0 unspecified atom stereocenters. The highest BCUT2D eigenvalue weighted by atomic mass is 79.9. The molecule has 0 aliphatic rings. The number of hydrazone groups is 1. The molecule has 102 valence electrons. The monoisotopic (exact) mass is 350 g/mol. The molecule has 0 heterocycles. The molecule has 2 aromatic carbocycles. The van der Waals surface area contributed by atoms with Crippen LogP contribution in [0.25, 0.3) is 0 Å². The fourth-order valence-corrected chi connectivity index (χ4v) is 2.10. The van der Waals surface area contributed by atoms with Crippen molar-refractivity contribution in [3.63, 3.8) is 0 Å². The number of hydrogen-bond acceptors (Lipinski definition) is 2. The van der Waals surface area contributed by atoms with E-state index in [0.29, 0.717) is 10.6 Å². The zero-order valence-corrected chi connectivity index (χ0v) is 13.1. The first-order valence-electron chi connectivity index (χ1n) is 5.92. The zero-order chi connectivity index (χ0) is 14.5. The van der Waals surface area contributed by atoms with Gasteiger partial charge in [-0.05, 0) is 48.9 Å². The van der Waals surface area contributed by atoms with Gasteiger partial charge in [-0.2, -0.15) is 5.10 Å². The lowest BCUT2D eigenvalue weighted by molar-refractivity contribution is 0.0955. The van der Waals surface area contributed by atoms with Crippen LogP contribution in [0.4, 0.5) is 0 Å². The Morgan fingerprint density at radius 2 is 1.85 bits per heavy atom. The van der Waals surface area contributed by atoms with Crippen molar-refractivity contribution in [2.24, 2.45) is 5.10 Å². The first kappa shape index (κ1) is 14.8. The molecule has 0 aliphatic heterocycles. The summed E-state index contributed by atoms with van der Waals surface area (Å²) in [5.41, 5.74) is 4.71. The number of halogens is 2. The smallest absolute Gasteiger partial charge is 0.267 e. The van der Waals surface area contributed by atoms with Crippen LogP contribution in [-0.4, -0.2) is 11.6 Å². The van der Waals surface area contributed by atoms with Crippen molar-refractivity contribution in [1.29, 1.82) is 0 Å². The summed E-state index contributed by atoms with van der Waals surface area (Å²) in [5, 5.41) is 4.69. The van der Waals surface area contributed by atoms with Crippen LogP contribution in [0.5, 0.6) is 0 Å². The molecule has 0 saturated carbocycles. The fraction of sp³-hybridized carbons (Fsp3) is 0.0667. The fourth-order valence-electron chi connectivity index (χ4n) is 1.58. The van der Waals surface area contributed by atoms with Gasteiger partial charge in [-0.3, -0.25) is 4.79 Å². The Labute approximate surface area is 130 Å². The Morgan fingerprint density at radius 3 is 2.50 bits per heavy atom. The first-order valence-corrected chi connectivity index (χ1v) is 7.09. The van der Waals surface area contributed by atoms with Gasteiger partial charge in [-0.25, -0.2) is 5.43 Å². The van der Waals surface area contributed by atoms with Crippen molar-refractivity contribution in [2.45, 2.75) is 6.92 Å². The Hall–Kier alpha value is -1.65. The van der Waals surface area contributed by atoms with Gasteiger partial charge in [-0.15, -0.1) is 0 Å². The van der Waals surface area contributed by atoms with Crippen molar-refractivity contribution in [3.05, 3.63) is 69.2 Å². The second kappa shape index (κ2) is 6.68. The number of amides is 1. The third-order valence-electron chi connectivity index (χ3n) is 2.67. The predicted molar refractivity (Wildman–Crippen MR) is 85.3 cm³/mol. The molecule has 1 N–H and O–H groups in total. The van der Waals surface area contributed by atoms with E-state index in [4.69, 9.17) is 11.6 Å². The molecule has 0 atom stereocenters. The molecule has 3 nitrogen and oxygen atoms in total. The molecule has 0 aromatic heterocycles. The summed E-state index contributed by atoms with van der Waals surface area (Å²) in [6.07, 6.45) is 0. The molecule has 5 heteroatoms. The molecule has 20 heavy (non-hydrogen) atoms. The van der Waals surface area contributed by atoms with E-state index < -0.39 is 0 Å². The number of nitrogens with zero attached hydrogens (tertiary/aromatic N) is 1. The number of carbonyl (C=O) groups is 1. The summed E-state index contributed by atoms with van der Waals surface area (Å²) in [6, 6.07) is 14.4. The number of benzene rings is 2. The van der Waals surface area contributed by atoms with Crippen LogP contribution >= 0.6 is 27.5 Å². The number of nitrogens with one attached hydrogen (secondary N) is 1. The lowest BCUT2D eigenvalue weighted by atomic mass is 10.1. The Morgan fingerprint density at radius 1 is 1.15 bits per heavy atom. The van der Waals surface area contributed by atoms with Crippen LogP contribution in [0, 0.1) is 0 Å².